The Morgan fingerprint density at radius 1 is 1.38 bits per heavy atom. The lowest BCUT2D eigenvalue weighted by Crippen LogP contribution is -1.94. The summed E-state index contributed by atoms with van der Waals surface area (Å²) in [4.78, 5) is 11.6. The fourth-order valence-corrected chi connectivity index (χ4v) is 3.64. The van der Waals surface area contributed by atoms with Crippen LogP contribution < -0.4 is 0 Å². The van der Waals surface area contributed by atoms with Gasteiger partial charge in [0.2, 0.25) is 0 Å². The Kier molecular flexibility index (Phi) is 4.36. The van der Waals surface area contributed by atoms with E-state index in [1.54, 1.807) is 54.1 Å². The van der Waals surface area contributed by atoms with Crippen molar-refractivity contribution in [2.45, 2.75) is 6.42 Å². The van der Waals surface area contributed by atoms with Crippen LogP contribution in [0.5, 0.6) is 0 Å². The summed E-state index contributed by atoms with van der Waals surface area (Å²) in [6, 6.07) is 3.62. The Labute approximate surface area is 103 Å². The van der Waals surface area contributed by atoms with Gasteiger partial charge in [0.05, 0.1) is 6.26 Å². The van der Waals surface area contributed by atoms with Crippen LogP contribution >= 0.6 is 23.5 Å². The monoisotopic (exact) mass is 252 g/mol. The summed E-state index contributed by atoms with van der Waals surface area (Å²) >= 11 is 3.52. The number of hydrogen-bond acceptors (Lipinski definition) is 4. The van der Waals surface area contributed by atoms with Crippen LogP contribution in [-0.4, -0.2) is 17.3 Å². The van der Waals surface area contributed by atoms with Crippen molar-refractivity contribution in [3.8, 4) is 0 Å². The molecule has 2 heterocycles. The summed E-state index contributed by atoms with van der Waals surface area (Å²) < 4.78 is 6.23. The summed E-state index contributed by atoms with van der Waals surface area (Å²) in [5.74, 6) is 2.96. The topological polar surface area (TPSA) is 30.2 Å². The summed E-state index contributed by atoms with van der Waals surface area (Å²) in [5, 5.41) is 0. The molecule has 0 bridgehead atoms. The highest BCUT2D eigenvalue weighted by molar-refractivity contribution is 8.22. The van der Waals surface area contributed by atoms with Crippen molar-refractivity contribution in [1.29, 1.82) is 0 Å². The minimum absolute atomic E-state index is 0.0216. The highest BCUT2D eigenvalue weighted by Crippen LogP contribution is 2.34. The molecule has 0 aromatic carbocycles. The second kappa shape index (κ2) is 6.01. The Morgan fingerprint density at radius 3 is 2.88 bits per heavy atom. The number of furan rings is 1. The zero-order chi connectivity index (χ0) is 11.2. The molecule has 0 atom stereocenters. The van der Waals surface area contributed by atoms with Gasteiger partial charge in [0, 0.05) is 10.3 Å². The quantitative estimate of drug-likeness (QED) is 0.769. The molecule has 4 heteroatoms. The second-order valence-electron chi connectivity index (χ2n) is 3.26. The molecule has 0 unspecified atom stereocenters. The first-order valence-electron chi connectivity index (χ1n) is 5.07. The molecular weight excluding hydrogens is 240 g/mol. The van der Waals surface area contributed by atoms with Gasteiger partial charge in [-0.1, -0.05) is 0 Å². The fraction of sp³-hybridized carbons (Fsp3) is 0.250. The van der Waals surface area contributed by atoms with Gasteiger partial charge in [0.1, 0.15) is 5.76 Å². The van der Waals surface area contributed by atoms with Crippen molar-refractivity contribution in [3.05, 3.63) is 40.5 Å². The van der Waals surface area contributed by atoms with E-state index in [1.165, 1.54) is 6.42 Å². The van der Waals surface area contributed by atoms with Gasteiger partial charge in [-0.15, -0.1) is 23.5 Å². The van der Waals surface area contributed by atoms with Crippen molar-refractivity contribution >= 4 is 35.4 Å². The van der Waals surface area contributed by atoms with Crippen LogP contribution in [-0.2, 0) is 4.79 Å². The first-order chi connectivity index (χ1) is 7.84. The Bertz CT molecular complexity index is 397. The van der Waals surface area contributed by atoms with Crippen molar-refractivity contribution in [2.24, 2.45) is 0 Å². The minimum atomic E-state index is 0.0216. The molecule has 0 N–H and O–H groups in total. The molecule has 84 valence electrons. The standard InChI is InChI=1S/C12H12O2S2/c13-10(4-5-11-3-1-6-14-11)9-12-15-7-2-8-16-12/h1,3-6,9H,2,7-8H2/b5-4+. The molecule has 1 aliphatic heterocycles. The zero-order valence-corrected chi connectivity index (χ0v) is 10.4. The highest BCUT2D eigenvalue weighted by Gasteiger charge is 2.07. The van der Waals surface area contributed by atoms with E-state index in [1.807, 2.05) is 6.07 Å². The molecule has 1 aromatic rings. The van der Waals surface area contributed by atoms with E-state index < -0.39 is 0 Å². The van der Waals surface area contributed by atoms with Crippen molar-refractivity contribution in [3.63, 3.8) is 0 Å². The molecule has 1 saturated heterocycles. The Morgan fingerprint density at radius 2 is 2.19 bits per heavy atom. The summed E-state index contributed by atoms with van der Waals surface area (Å²) in [7, 11) is 0. The van der Waals surface area contributed by atoms with E-state index in [4.69, 9.17) is 4.42 Å². The van der Waals surface area contributed by atoms with Gasteiger partial charge in [0.15, 0.2) is 5.78 Å². The lowest BCUT2D eigenvalue weighted by molar-refractivity contribution is -0.110. The predicted molar refractivity (Wildman–Crippen MR) is 70.4 cm³/mol. The average molecular weight is 252 g/mol. The van der Waals surface area contributed by atoms with Gasteiger partial charge in [0.25, 0.3) is 0 Å². The van der Waals surface area contributed by atoms with Gasteiger partial charge < -0.3 is 4.42 Å². The molecular formula is C12H12O2S2. The number of ketones is 1. The summed E-state index contributed by atoms with van der Waals surface area (Å²) in [6.45, 7) is 0. The summed E-state index contributed by atoms with van der Waals surface area (Å²) in [6.07, 6.45) is 7.76. The molecule has 1 fully saturated rings. The predicted octanol–water partition coefficient (Wildman–Crippen LogP) is 3.57. The normalized spacial score (nSPS) is 16.6. The number of carbonyl (C=O) groups is 1. The van der Waals surface area contributed by atoms with Gasteiger partial charge in [-0.2, -0.15) is 0 Å². The largest absolute Gasteiger partial charge is 0.465 e. The van der Waals surface area contributed by atoms with Gasteiger partial charge in [-0.05, 0) is 42.2 Å². The molecule has 2 rings (SSSR count). The smallest absolute Gasteiger partial charge is 0.180 e. The molecule has 1 aliphatic rings. The lowest BCUT2D eigenvalue weighted by atomic mass is 10.3. The number of rotatable bonds is 3. The number of thioether (sulfide) groups is 2. The number of carbonyl (C=O) groups excluding carboxylic acids is 1. The van der Waals surface area contributed by atoms with Crippen LogP contribution in [0.4, 0.5) is 0 Å². The second-order valence-corrected chi connectivity index (χ2v) is 5.80. The maximum absolute atomic E-state index is 11.6. The van der Waals surface area contributed by atoms with E-state index >= 15 is 0 Å². The minimum Gasteiger partial charge on any atom is -0.465 e. The highest BCUT2D eigenvalue weighted by atomic mass is 32.2. The third kappa shape index (κ3) is 3.61. The van der Waals surface area contributed by atoms with Crippen LogP contribution in [0.3, 0.4) is 0 Å². The van der Waals surface area contributed by atoms with Crippen LogP contribution in [0, 0.1) is 0 Å². The molecule has 0 aliphatic carbocycles. The van der Waals surface area contributed by atoms with E-state index in [-0.39, 0.29) is 5.78 Å². The molecule has 16 heavy (non-hydrogen) atoms. The molecule has 0 spiro atoms. The van der Waals surface area contributed by atoms with Crippen LogP contribution in [0.25, 0.3) is 6.08 Å². The number of hydrogen-bond donors (Lipinski definition) is 0. The molecule has 2 nitrogen and oxygen atoms in total. The van der Waals surface area contributed by atoms with Crippen molar-refractivity contribution in [1.82, 2.24) is 0 Å². The zero-order valence-electron chi connectivity index (χ0n) is 8.72. The van der Waals surface area contributed by atoms with E-state index in [2.05, 4.69) is 0 Å². The fourth-order valence-electron chi connectivity index (χ4n) is 1.24. The first kappa shape index (κ1) is 11.6. The molecule has 0 saturated carbocycles. The van der Waals surface area contributed by atoms with Crippen molar-refractivity contribution < 1.29 is 9.21 Å². The van der Waals surface area contributed by atoms with Crippen LogP contribution in [0.2, 0.25) is 0 Å². The SMILES string of the molecule is O=C(C=C1SCCCS1)/C=C/c1ccco1. The van der Waals surface area contributed by atoms with Gasteiger partial charge in [-0.3, -0.25) is 4.79 Å². The molecule has 0 amide bonds. The lowest BCUT2D eigenvalue weighted by Gasteiger charge is -2.11. The van der Waals surface area contributed by atoms with Crippen LogP contribution in [0.1, 0.15) is 12.2 Å². The molecule has 1 aromatic heterocycles. The third-order valence-corrected chi connectivity index (χ3v) is 4.49. The third-order valence-electron chi connectivity index (χ3n) is 1.99. The molecule has 0 radical (unpaired) electrons. The van der Waals surface area contributed by atoms with Gasteiger partial charge in [-0.25, -0.2) is 0 Å². The first-order valence-corrected chi connectivity index (χ1v) is 7.04. The maximum atomic E-state index is 11.6. The van der Waals surface area contributed by atoms with Crippen LogP contribution in [0.15, 0.2) is 39.2 Å². The van der Waals surface area contributed by atoms with Gasteiger partial charge >= 0.3 is 0 Å². The number of allylic oxidation sites excluding steroid dienone is 2. The Balaban J connectivity index is 1.92. The van der Waals surface area contributed by atoms with E-state index in [9.17, 15) is 4.79 Å². The van der Waals surface area contributed by atoms with E-state index in [0.717, 1.165) is 15.7 Å². The maximum Gasteiger partial charge on any atom is 0.180 e. The van der Waals surface area contributed by atoms with Crippen molar-refractivity contribution in [2.75, 3.05) is 11.5 Å². The summed E-state index contributed by atoms with van der Waals surface area (Å²) in [5.41, 5.74) is 0. The Hall–Kier alpha value is -0.870. The van der Waals surface area contributed by atoms with E-state index in [0.29, 0.717) is 5.76 Å². The average Bonchev–Trinajstić information content (AvgIpc) is 2.81.